The van der Waals surface area contributed by atoms with Gasteiger partial charge in [0.25, 0.3) is 5.91 Å². The van der Waals surface area contributed by atoms with E-state index >= 15 is 0 Å². The molecule has 4 nitrogen and oxygen atoms in total. The molecule has 1 unspecified atom stereocenters. The zero-order valence-electron chi connectivity index (χ0n) is 10.8. The van der Waals surface area contributed by atoms with Gasteiger partial charge >= 0.3 is 0 Å². The molecule has 0 bridgehead atoms. The Morgan fingerprint density at radius 3 is 2.78 bits per heavy atom. The highest BCUT2D eigenvalue weighted by molar-refractivity contribution is 5.97. The van der Waals surface area contributed by atoms with Crippen molar-refractivity contribution < 1.29 is 9.53 Å². The fraction of sp³-hybridized carbons (Fsp3) is 0.500. The minimum absolute atomic E-state index is 0.0542. The second-order valence-electron chi connectivity index (χ2n) is 4.62. The fourth-order valence-electron chi connectivity index (χ4n) is 2.13. The lowest BCUT2D eigenvalue weighted by Crippen LogP contribution is -2.48. The monoisotopic (exact) mass is 248 g/mol. The van der Waals surface area contributed by atoms with Crippen LogP contribution in [0.15, 0.2) is 24.3 Å². The molecule has 1 amide bonds. The fourth-order valence-corrected chi connectivity index (χ4v) is 2.13. The van der Waals surface area contributed by atoms with E-state index in [4.69, 9.17) is 10.5 Å². The standard InChI is InChI=1S/C14H20N2O2/c1-11-4-6-12(7-5-11)16-9-10-18-13(14(16)17)3-2-8-15/h4-7,13H,2-3,8-10,15H2,1H3. The van der Waals surface area contributed by atoms with Gasteiger partial charge in [-0.1, -0.05) is 17.7 Å². The molecule has 0 aromatic heterocycles. The first-order chi connectivity index (χ1) is 8.72. The Morgan fingerprint density at radius 2 is 2.11 bits per heavy atom. The van der Waals surface area contributed by atoms with Crippen molar-refractivity contribution in [1.82, 2.24) is 0 Å². The predicted molar refractivity (Wildman–Crippen MR) is 71.6 cm³/mol. The van der Waals surface area contributed by atoms with E-state index in [2.05, 4.69) is 0 Å². The summed E-state index contributed by atoms with van der Waals surface area (Å²) in [5.74, 6) is 0.0542. The largest absolute Gasteiger partial charge is 0.367 e. The summed E-state index contributed by atoms with van der Waals surface area (Å²) >= 11 is 0. The van der Waals surface area contributed by atoms with Crippen molar-refractivity contribution in [2.75, 3.05) is 24.6 Å². The van der Waals surface area contributed by atoms with Crippen molar-refractivity contribution in [3.8, 4) is 0 Å². The van der Waals surface area contributed by atoms with Gasteiger partial charge in [-0.05, 0) is 38.4 Å². The SMILES string of the molecule is Cc1ccc(N2CCOC(CCCN)C2=O)cc1. The number of rotatable bonds is 4. The molecule has 0 saturated carbocycles. The van der Waals surface area contributed by atoms with Crippen molar-refractivity contribution in [2.24, 2.45) is 5.73 Å². The Kier molecular flexibility index (Phi) is 4.33. The summed E-state index contributed by atoms with van der Waals surface area (Å²) in [5.41, 5.74) is 7.62. The number of ether oxygens (including phenoxy) is 1. The van der Waals surface area contributed by atoms with Gasteiger partial charge in [0.05, 0.1) is 6.61 Å². The Morgan fingerprint density at radius 1 is 1.39 bits per heavy atom. The Bertz CT molecular complexity index is 403. The van der Waals surface area contributed by atoms with Crippen LogP contribution in [0.25, 0.3) is 0 Å². The maximum absolute atomic E-state index is 12.3. The van der Waals surface area contributed by atoms with E-state index in [-0.39, 0.29) is 12.0 Å². The van der Waals surface area contributed by atoms with Crippen molar-refractivity contribution in [2.45, 2.75) is 25.9 Å². The molecular weight excluding hydrogens is 228 g/mol. The van der Waals surface area contributed by atoms with Crippen molar-refractivity contribution in [3.05, 3.63) is 29.8 Å². The van der Waals surface area contributed by atoms with Crippen LogP contribution < -0.4 is 10.6 Å². The van der Waals surface area contributed by atoms with E-state index in [0.717, 1.165) is 12.1 Å². The number of carbonyl (C=O) groups excluding carboxylic acids is 1. The molecule has 1 aromatic rings. The summed E-state index contributed by atoms with van der Waals surface area (Å²) < 4.78 is 5.52. The molecule has 1 heterocycles. The molecule has 1 saturated heterocycles. The minimum atomic E-state index is -0.330. The number of aryl methyl sites for hydroxylation is 1. The Hall–Kier alpha value is -1.39. The molecule has 4 heteroatoms. The lowest BCUT2D eigenvalue weighted by molar-refractivity contribution is -0.134. The molecule has 1 aliphatic heterocycles. The van der Waals surface area contributed by atoms with Crippen LogP contribution >= 0.6 is 0 Å². The molecule has 0 radical (unpaired) electrons. The van der Waals surface area contributed by atoms with Crippen molar-refractivity contribution in [3.63, 3.8) is 0 Å². The third-order valence-electron chi connectivity index (χ3n) is 3.19. The van der Waals surface area contributed by atoms with E-state index in [9.17, 15) is 4.79 Å². The maximum Gasteiger partial charge on any atom is 0.256 e. The maximum atomic E-state index is 12.3. The average molecular weight is 248 g/mol. The first-order valence-electron chi connectivity index (χ1n) is 6.42. The van der Waals surface area contributed by atoms with Gasteiger partial charge in [-0.2, -0.15) is 0 Å². The quantitative estimate of drug-likeness (QED) is 0.877. The predicted octanol–water partition coefficient (Wildman–Crippen LogP) is 1.47. The van der Waals surface area contributed by atoms with Crippen LogP contribution in [0.2, 0.25) is 0 Å². The van der Waals surface area contributed by atoms with Gasteiger partial charge in [-0.3, -0.25) is 4.79 Å². The molecule has 1 fully saturated rings. The second kappa shape index (κ2) is 5.98. The molecule has 2 N–H and O–H groups in total. The van der Waals surface area contributed by atoms with Crippen LogP contribution in [0.1, 0.15) is 18.4 Å². The third-order valence-corrected chi connectivity index (χ3v) is 3.19. The zero-order valence-corrected chi connectivity index (χ0v) is 10.8. The van der Waals surface area contributed by atoms with Crippen LogP contribution in [-0.4, -0.2) is 31.7 Å². The molecule has 18 heavy (non-hydrogen) atoms. The third kappa shape index (κ3) is 2.89. The van der Waals surface area contributed by atoms with Gasteiger partial charge in [0.1, 0.15) is 6.10 Å². The van der Waals surface area contributed by atoms with Gasteiger partial charge in [-0.15, -0.1) is 0 Å². The van der Waals surface area contributed by atoms with Gasteiger partial charge in [0.2, 0.25) is 0 Å². The summed E-state index contributed by atoms with van der Waals surface area (Å²) in [5, 5.41) is 0. The number of nitrogens with zero attached hydrogens (tertiary/aromatic N) is 1. The van der Waals surface area contributed by atoms with Crippen LogP contribution in [0.4, 0.5) is 5.69 Å². The van der Waals surface area contributed by atoms with Crippen LogP contribution in [0.3, 0.4) is 0 Å². The highest BCUT2D eigenvalue weighted by Gasteiger charge is 2.29. The first kappa shape index (κ1) is 13.1. The van der Waals surface area contributed by atoms with Gasteiger partial charge in [-0.25, -0.2) is 0 Å². The molecule has 98 valence electrons. The van der Waals surface area contributed by atoms with Gasteiger partial charge in [0, 0.05) is 12.2 Å². The molecule has 1 aromatic carbocycles. The number of benzene rings is 1. The van der Waals surface area contributed by atoms with E-state index in [1.165, 1.54) is 5.56 Å². The van der Waals surface area contributed by atoms with Crippen LogP contribution in [-0.2, 0) is 9.53 Å². The number of hydrogen-bond acceptors (Lipinski definition) is 3. The smallest absolute Gasteiger partial charge is 0.256 e. The highest BCUT2D eigenvalue weighted by Crippen LogP contribution is 2.21. The molecule has 1 aliphatic rings. The molecule has 0 spiro atoms. The van der Waals surface area contributed by atoms with E-state index in [0.29, 0.717) is 26.1 Å². The number of hydrogen-bond donors (Lipinski definition) is 1. The summed E-state index contributed by atoms with van der Waals surface area (Å²) in [6, 6.07) is 8.01. The number of morpholine rings is 1. The van der Waals surface area contributed by atoms with E-state index < -0.39 is 0 Å². The van der Waals surface area contributed by atoms with Crippen LogP contribution in [0.5, 0.6) is 0 Å². The normalized spacial score (nSPS) is 20.2. The lowest BCUT2D eigenvalue weighted by atomic mass is 10.1. The summed E-state index contributed by atoms with van der Waals surface area (Å²) in [6.45, 7) is 3.85. The van der Waals surface area contributed by atoms with Crippen molar-refractivity contribution in [1.29, 1.82) is 0 Å². The van der Waals surface area contributed by atoms with Gasteiger partial charge < -0.3 is 15.4 Å². The number of amides is 1. The summed E-state index contributed by atoms with van der Waals surface area (Å²) in [6.07, 6.45) is 1.19. The lowest BCUT2D eigenvalue weighted by Gasteiger charge is -2.32. The van der Waals surface area contributed by atoms with Crippen molar-refractivity contribution >= 4 is 11.6 Å². The summed E-state index contributed by atoms with van der Waals surface area (Å²) in [4.78, 5) is 14.1. The highest BCUT2D eigenvalue weighted by atomic mass is 16.5. The Balaban J connectivity index is 2.08. The molecule has 0 aliphatic carbocycles. The zero-order chi connectivity index (χ0) is 13.0. The number of carbonyl (C=O) groups is 1. The topological polar surface area (TPSA) is 55.6 Å². The van der Waals surface area contributed by atoms with E-state index in [1.54, 1.807) is 0 Å². The van der Waals surface area contributed by atoms with E-state index in [1.807, 2.05) is 36.1 Å². The first-order valence-corrected chi connectivity index (χ1v) is 6.42. The number of anilines is 1. The second-order valence-corrected chi connectivity index (χ2v) is 4.62. The molecule has 2 rings (SSSR count). The van der Waals surface area contributed by atoms with Crippen LogP contribution in [0, 0.1) is 6.92 Å². The Labute approximate surface area is 108 Å². The van der Waals surface area contributed by atoms with Gasteiger partial charge in [0.15, 0.2) is 0 Å². The number of nitrogens with two attached hydrogens (primary N) is 1. The summed E-state index contributed by atoms with van der Waals surface area (Å²) in [7, 11) is 0. The minimum Gasteiger partial charge on any atom is -0.367 e. The molecular formula is C14H20N2O2. The molecule has 1 atom stereocenters. The average Bonchev–Trinajstić information content (AvgIpc) is 2.39.